The second-order valence-corrected chi connectivity index (χ2v) is 17.2. The average molecular weight is 831 g/mol. The van der Waals surface area contributed by atoms with Gasteiger partial charge in [-0.1, -0.05) is 107 Å². The lowest BCUT2D eigenvalue weighted by molar-refractivity contribution is -0.152. The van der Waals surface area contributed by atoms with Crippen LogP contribution in [0, 0.1) is 39.5 Å². The van der Waals surface area contributed by atoms with Crippen molar-refractivity contribution in [3.8, 4) is 0 Å². The molecule has 0 saturated carbocycles. The first-order chi connectivity index (χ1) is 27.1. The molecule has 1 N–H and O–H groups in total. The van der Waals surface area contributed by atoms with Gasteiger partial charge in [0.1, 0.15) is 30.5 Å². The van der Waals surface area contributed by atoms with Gasteiger partial charge in [0.15, 0.2) is 17.4 Å². The van der Waals surface area contributed by atoms with Crippen molar-refractivity contribution in [3.63, 3.8) is 0 Å². The molecular weight excluding hydrogens is 761 g/mol. The molecule has 2 fully saturated rings. The fraction of sp³-hybridized carbons (Fsp3) is 0.540. The van der Waals surface area contributed by atoms with Crippen LogP contribution in [0.25, 0.3) is 12.2 Å². The number of cyclic esters (lactones) is 2. The molecule has 0 aliphatic carbocycles. The van der Waals surface area contributed by atoms with E-state index in [0.29, 0.717) is 24.0 Å². The Morgan fingerprint density at radius 1 is 0.583 bits per heavy atom. The van der Waals surface area contributed by atoms with Crippen LogP contribution in [0.15, 0.2) is 60.7 Å². The lowest BCUT2D eigenvalue weighted by Gasteiger charge is -2.22. The maximum absolute atomic E-state index is 12.9. The van der Waals surface area contributed by atoms with Crippen LogP contribution in [0.5, 0.6) is 0 Å². The van der Waals surface area contributed by atoms with Crippen molar-refractivity contribution in [2.24, 2.45) is 11.8 Å². The molecule has 0 radical (unpaired) electrons. The van der Waals surface area contributed by atoms with Crippen molar-refractivity contribution in [2.45, 2.75) is 165 Å². The van der Waals surface area contributed by atoms with Gasteiger partial charge in [-0.2, -0.15) is 0 Å². The summed E-state index contributed by atoms with van der Waals surface area (Å²) in [6.45, 7) is 22.8. The number of hydrogen-bond acceptors (Lipinski definition) is 10. The molecule has 2 aromatic rings. The highest BCUT2D eigenvalue weighted by atomic mass is 16.8. The molecule has 4 aliphatic rings. The van der Waals surface area contributed by atoms with E-state index >= 15 is 0 Å². The molecule has 330 valence electrons. The number of carbonyl (C=O) groups is 3. The van der Waals surface area contributed by atoms with E-state index in [1.54, 1.807) is 12.2 Å². The second-order valence-electron chi connectivity index (χ2n) is 17.2. The topological polar surface area (TPSA) is 127 Å². The minimum absolute atomic E-state index is 0. The summed E-state index contributed by atoms with van der Waals surface area (Å²) >= 11 is 0. The summed E-state index contributed by atoms with van der Waals surface area (Å²) in [5, 5.41) is 10.7. The van der Waals surface area contributed by atoms with Crippen LogP contribution in [0.2, 0.25) is 0 Å². The fourth-order valence-corrected chi connectivity index (χ4v) is 7.79. The molecule has 10 nitrogen and oxygen atoms in total. The van der Waals surface area contributed by atoms with E-state index < -0.39 is 29.9 Å². The van der Waals surface area contributed by atoms with Crippen LogP contribution in [0.4, 0.5) is 0 Å². The Bertz CT molecular complexity index is 1970. The quantitative estimate of drug-likeness (QED) is 0.203. The normalized spacial score (nSPS) is 31.0. The van der Waals surface area contributed by atoms with E-state index in [-0.39, 0.29) is 68.8 Å². The number of aryl methyl sites for hydroxylation is 4. The number of ether oxygens (including phenoxy) is 6. The van der Waals surface area contributed by atoms with Gasteiger partial charge in [0.05, 0.1) is 23.3 Å². The van der Waals surface area contributed by atoms with Crippen molar-refractivity contribution in [1.82, 2.24) is 0 Å². The molecule has 4 heterocycles. The van der Waals surface area contributed by atoms with Gasteiger partial charge >= 0.3 is 11.9 Å². The zero-order valence-corrected chi connectivity index (χ0v) is 36.2. The predicted molar refractivity (Wildman–Crippen MR) is 238 cm³/mol. The van der Waals surface area contributed by atoms with E-state index in [4.69, 9.17) is 28.4 Å². The smallest absolute Gasteiger partial charge is 0.339 e. The van der Waals surface area contributed by atoms with Crippen LogP contribution >= 0.6 is 0 Å². The molecule has 4 aliphatic heterocycles. The van der Waals surface area contributed by atoms with E-state index in [9.17, 15) is 19.5 Å². The molecule has 60 heavy (non-hydrogen) atoms. The SMILES string of the molecule is C.C.Cc1cc(C)c2c(c1)C=CC[C@@H]1OC(C)(C)O[C@@H]1C(=O)/C=C\[C@@H](C)[C@H](C)OC2=O.Cc1cc(C)c2c(c1)C=CC[C@@H]1OC(C)(C)O[C@@H]1C(O)/C=C\[C@@H](C)[C@H](C)OC2=O. The highest BCUT2D eigenvalue weighted by molar-refractivity contribution is 5.96. The molecule has 10 heteroatoms. The predicted octanol–water partition coefficient (Wildman–Crippen LogP) is 10.2. The number of esters is 2. The van der Waals surface area contributed by atoms with Crippen LogP contribution in [-0.4, -0.2) is 77.1 Å². The second kappa shape index (κ2) is 20.6. The zero-order chi connectivity index (χ0) is 42.7. The van der Waals surface area contributed by atoms with Gasteiger partial charge in [0, 0.05) is 11.8 Å². The summed E-state index contributed by atoms with van der Waals surface area (Å²) < 4.78 is 35.3. The number of aliphatic hydroxyl groups is 1. The molecule has 6 rings (SSSR count). The lowest BCUT2D eigenvalue weighted by Crippen LogP contribution is -2.34. The van der Waals surface area contributed by atoms with E-state index in [2.05, 4.69) is 0 Å². The Morgan fingerprint density at radius 3 is 1.55 bits per heavy atom. The van der Waals surface area contributed by atoms with Gasteiger partial charge in [-0.3, -0.25) is 4.79 Å². The van der Waals surface area contributed by atoms with E-state index in [1.807, 2.05) is 138 Å². The van der Waals surface area contributed by atoms with Crippen molar-refractivity contribution in [1.29, 1.82) is 0 Å². The standard InChI is InChI=1S/C24H32O5.C24H30O5.2CH4/c2*1-14-12-16(3)21-18(13-14)8-7-9-20-22(29-24(5,6)28-20)19(25)11-10-15(2)17(4)27-23(21)26;;/h7-8,10-13,15,17,19-20,22,25H,9H2,1-6H3;7-8,10-13,15,17,20,22H,9H2,1-6H3;2*1H4/b2*8-7?,11-10-;;/t15-,17+,19?,20+,22-;15-,17+,20+,22-;;/m11../s1. The third-order valence-electron chi connectivity index (χ3n) is 11.0. The van der Waals surface area contributed by atoms with Crippen molar-refractivity contribution in [3.05, 3.63) is 105 Å². The van der Waals surface area contributed by atoms with Crippen molar-refractivity contribution >= 4 is 29.9 Å². The monoisotopic (exact) mass is 830 g/mol. The summed E-state index contributed by atoms with van der Waals surface area (Å²) in [6.07, 6.45) is 12.4. The number of fused-ring (bicyclic) bond motifs is 4. The Kier molecular flexibility index (Phi) is 17.2. The van der Waals surface area contributed by atoms with Gasteiger partial charge in [0.25, 0.3) is 0 Å². The first-order valence-electron chi connectivity index (χ1n) is 20.4. The summed E-state index contributed by atoms with van der Waals surface area (Å²) in [4.78, 5) is 38.6. The summed E-state index contributed by atoms with van der Waals surface area (Å²) in [5.41, 5.74) is 6.73. The van der Waals surface area contributed by atoms with E-state index in [1.165, 1.54) is 6.08 Å². The van der Waals surface area contributed by atoms with Gasteiger partial charge < -0.3 is 33.5 Å². The highest BCUT2D eigenvalue weighted by Crippen LogP contribution is 2.34. The molecule has 0 spiro atoms. The van der Waals surface area contributed by atoms with Crippen molar-refractivity contribution < 1.29 is 47.9 Å². The molecule has 1 unspecified atom stereocenters. The third kappa shape index (κ3) is 12.4. The Morgan fingerprint density at radius 2 is 1.03 bits per heavy atom. The number of benzene rings is 2. The number of hydrogen-bond donors (Lipinski definition) is 1. The zero-order valence-electron chi connectivity index (χ0n) is 36.2. The summed E-state index contributed by atoms with van der Waals surface area (Å²) in [5.74, 6) is -2.56. The summed E-state index contributed by atoms with van der Waals surface area (Å²) in [6, 6.07) is 7.94. The largest absolute Gasteiger partial charge is 0.458 e. The first-order valence-corrected chi connectivity index (χ1v) is 20.4. The maximum atomic E-state index is 12.9. The van der Waals surface area contributed by atoms with Crippen LogP contribution in [0.3, 0.4) is 0 Å². The van der Waals surface area contributed by atoms with Gasteiger partial charge in [0.2, 0.25) is 0 Å². The van der Waals surface area contributed by atoms with Crippen LogP contribution in [-0.2, 0) is 33.2 Å². The number of carbonyl (C=O) groups excluding carboxylic acids is 3. The molecule has 0 aromatic heterocycles. The van der Waals surface area contributed by atoms with Gasteiger partial charge in [-0.15, -0.1) is 0 Å². The molecular formula is C50H70O10. The maximum Gasteiger partial charge on any atom is 0.339 e. The van der Waals surface area contributed by atoms with Gasteiger partial charge in [-0.05, 0) is 110 Å². The van der Waals surface area contributed by atoms with Crippen LogP contribution in [0.1, 0.15) is 137 Å². The van der Waals surface area contributed by atoms with Crippen LogP contribution < -0.4 is 0 Å². The Hall–Kier alpha value is -4.19. The minimum atomic E-state index is -0.816. The molecule has 9 atom stereocenters. The highest BCUT2D eigenvalue weighted by Gasteiger charge is 2.45. The number of aliphatic hydroxyl groups excluding tert-OH is 1. The number of rotatable bonds is 0. The molecule has 2 saturated heterocycles. The fourth-order valence-electron chi connectivity index (χ4n) is 7.79. The molecule has 2 aromatic carbocycles. The summed E-state index contributed by atoms with van der Waals surface area (Å²) in [7, 11) is 0. The molecule has 0 amide bonds. The third-order valence-corrected chi connectivity index (χ3v) is 11.0. The van der Waals surface area contributed by atoms with Gasteiger partial charge in [-0.25, -0.2) is 9.59 Å². The average Bonchev–Trinajstić information content (AvgIpc) is 3.61. The minimum Gasteiger partial charge on any atom is -0.458 e. The Balaban J connectivity index is 0.000000310. The molecule has 0 bridgehead atoms. The van der Waals surface area contributed by atoms with E-state index in [0.717, 1.165) is 33.4 Å². The Labute approximate surface area is 359 Å². The lowest BCUT2D eigenvalue weighted by atomic mass is 9.96. The van der Waals surface area contributed by atoms with Crippen molar-refractivity contribution in [2.75, 3.05) is 0 Å². The number of ketones is 1. The first kappa shape index (κ1) is 50.2.